The van der Waals surface area contributed by atoms with Gasteiger partial charge in [0, 0.05) is 30.8 Å². The lowest BCUT2D eigenvalue weighted by atomic mass is 10.1. The van der Waals surface area contributed by atoms with Crippen molar-refractivity contribution in [3.63, 3.8) is 0 Å². The van der Waals surface area contributed by atoms with Gasteiger partial charge in [0.2, 0.25) is 17.7 Å². The van der Waals surface area contributed by atoms with Crippen LogP contribution in [-0.4, -0.2) is 39.4 Å². The molecule has 7 heteroatoms. The molecule has 3 rings (SSSR count). The number of carbonyl (C=O) groups excluding carboxylic acids is 2. The summed E-state index contributed by atoms with van der Waals surface area (Å²) < 4.78 is 5.30. The Bertz CT molecular complexity index is 636. The Balaban J connectivity index is 1.56. The standard InChI is InChI=1S/C19H30N4O3/c1-12(2)19-21-17(22-26-19)15-9-6-10-23(15)16(24)11-13(3)20-18(25)14-7-4-5-8-14/h12-15H,4-11H2,1-3H3,(H,20,25). The van der Waals surface area contributed by atoms with Crippen LogP contribution in [0.25, 0.3) is 0 Å². The first-order valence-corrected chi connectivity index (χ1v) is 9.89. The average molecular weight is 362 g/mol. The molecule has 1 aliphatic heterocycles. The van der Waals surface area contributed by atoms with Crippen LogP contribution in [0.4, 0.5) is 0 Å². The summed E-state index contributed by atoms with van der Waals surface area (Å²) in [6.07, 6.45) is 6.29. The Hall–Kier alpha value is -1.92. The van der Waals surface area contributed by atoms with Crippen LogP contribution in [0.3, 0.4) is 0 Å². The monoisotopic (exact) mass is 362 g/mol. The van der Waals surface area contributed by atoms with Gasteiger partial charge in [0.25, 0.3) is 0 Å². The fourth-order valence-electron chi connectivity index (χ4n) is 3.93. The molecule has 2 atom stereocenters. The first-order valence-electron chi connectivity index (χ1n) is 9.89. The van der Waals surface area contributed by atoms with Crippen LogP contribution in [0.5, 0.6) is 0 Å². The van der Waals surface area contributed by atoms with Gasteiger partial charge in [-0.05, 0) is 32.6 Å². The van der Waals surface area contributed by atoms with Gasteiger partial charge in [0.1, 0.15) is 0 Å². The molecule has 0 bridgehead atoms. The van der Waals surface area contributed by atoms with Crippen LogP contribution in [-0.2, 0) is 9.59 Å². The van der Waals surface area contributed by atoms with E-state index in [1.165, 1.54) is 0 Å². The Kier molecular flexibility index (Phi) is 5.94. The van der Waals surface area contributed by atoms with Gasteiger partial charge in [-0.1, -0.05) is 31.8 Å². The second-order valence-electron chi connectivity index (χ2n) is 7.99. The molecule has 26 heavy (non-hydrogen) atoms. The summed E-state index contributed by atoms with van der Waals surface area (Å²) >= 11 is 0. The summed E-state index contributed by atoms with van der Waals surface area (Å²) in [4.78, 5) is 31.3. The highest BCUT2D eigenvalue weighted by Crippen LogP contribution is 2.31. The van der Waals surface area contributed by atoms with Crippen molar-refractivity contribution < 1.29 is 14.1 Å². The first kappa shape index (κ1) is 18.9. The number of aromatic nitrogens is 2. The molecule has 0 radical (unpaired) electrons. The third-order valence-electron chi connectivity index (χ3n) is 5.42. The summed E-state index contributed by atoms with van der Waals surface area (Å²) in [5, 5.41) is 7.10. The fourth-order valence-corrected chi connectivity index (χ4v) is 3.93. The predicted octanol–water partition coefficient (Wildman–Crippen LogP) is 2.94. The van der Waals surface area contributed by atoms with E-state index in [0.29, 0.717) is 24.7 Å². The molecule has 1 N–H and O–H groups in total. The van der Waals surface area contributed by atoms with Crippen LogP contribution in [0.1, 0.15) is 89.4 Å². The quantitative estimate of drug-likeness (QED) is 0.840. The van der Waals surface area contributed by atoms with Crippen molar-refractivity contribution in [2.45, 2.75) is 83.7 Å². The van der Waals surface area contributed by atoms with Gasteiger partial charge >= 0.3 is 0 Å². The van der Waals surface area contributed by atoms with E-state index in [0.717, 1.165) is 38.5 Å². The Morgan fingerprint density at radius 3 is 2.58 bits per heavy atom. The molecule has 2 fully saturated rings. The second kappa shape index (κ2) is 8.18. The van der Waals surface area contributed by atoms with E-state index >= 15 is 0 Å². The van der Waals surface area contributed by atoms with E-state index < -0.39 is 0 Å². The molecular formula is C19H30N4O3. The molecule has 2 amide bonds. The third-order valence-corrected chi connectivity index (χ3v) is 5.42. The van der Waals surface area contributed by atoms with Crippen molar-refractivity contribution in [1.29, 1.82) is 0 Å². The fraction of sp³-hybridized carbons (Fsp3) is 0.789. The van der Waals surface area contributed by atoms with Crippen molar-refractivity contribution >= 4 is 11.8 Å². The normalized spacial score (nSPS) is 22.2. The van der Waals surface area contributed by atoms with Crippen molar-refractivity contribution in [3.05, 3.63) is 11.7 Å². The van der Waals surface area contributed by atoms with E-state index in [2.05, 4.69) is 15.5 Å². The SMILES string of the molecule is CC(CC(=O)N1CCCC1c1noc(C(C)C)n1)NC(=O)C1CCCC1. The number of carbonyl (C=O) groups is 2. The van der Waals surface area contributed by atoms with E-state index in [1.807, 2.05) is 25.7 Å². The zero-order valence-corrected chi connectivity index (χ0v) is 16.0. The zero-order chi connectivity index (χ0) is 18.7. The minimum absolute atomic E-state index is 0.0441. The lowest BCUT2D eigenvalue weighted by molar-refractivity contribution is -0.133. The summed E-state index contributed by atoms with van der Waals surface area (Å²) in [6, 6.07) is -0.273. The molecule has 1 aromatic heterocycles. The van der Waals surface area contributed by atoms with Crippen LogP contribution in [0, 0.1) is 5.92 Å². The minimum Gasteiger partial charge on any atom is -0.353 e. The first-order chi connectivity index (χ1) is 12.5. The molecule has 1 saturated carbocycles. The van der Waals surface area contributed by atoms with Gasteiger partial charge < -0.3 is 14.7 Å². The number of amides is 2. The maximum atomic E-state index is 12.8. The van der Waals surface area contributed by atoms with E-state index in [-0.39, 0.29) is 35.7 Å². The molecule has 1 aliphatic carbocycles. The largest absolute Gasteiger partial charge is 0.353 e. The van der Waals surface area contributed by atoms with Gasteiger partial charge in [-0.2, -0.15) is 4.98 Å². The predicted molar refractivity (Wildman–Crippen MR) is 96.3 cm³/mol. The molecule has 144 valence electrons. The number of nitrogens with one attached hydrogen (secondary N) is 1. The lowest BCUT2D eigenvalue weighted by Crippen LogP contribution is -2.41. The maximum absolute atomic E-state index is 12.8. The van der Waals surface area contributed by atoms with Gasteiger partial charge in [0.05, 0.1) is 6.04 Å². The molecular weight excluding hydrogens is 332 g/mol. The number of hydrogen-bond donors (Lipinski definition) is 1. The highest BCUT2D eigenvalue weighted by atomic mass is 16.5. The smallest absolute Gasteiger partial charge is 0.229 e. The Labute approximate surface area is 154 Å². The summed E-state index contributed by atoms with van der Waals surface area (Å²) in [6.45, 7) is 6.62. The van der Waals surface area contributed by atoms with E-state index in [1.54, 1.807) is 0 Å². The van der Waals surface area contributed by atoms with Gasteiger partial charge in [-0.25, -0.2) is 0 Å². The number of likely N-dealkylation sites (tertiary alicyclic amines) is 1. The average Bonchev–Trinajstić information content (AvgIpc) is 3.33. The highest BCUT2D eigenvalue weighted by Gasteiger charge is 2.34. The van der Waals surface area contributed by atoms with Crippen molar-refractivity contribution in [2.24, 2.45) is 5.92 Å². The number of nitrogens with zero attached hydrogens (tertiary/aromatic N) is 3. The van der Waals surface area contributed by atoms with Gasteiger partial charge in [-0.15, -0.1) is 0 Å². The zero-order valence-electron chi connectivity index (χ0n) is 16.0. The molecule has 0 spiro atoms. The van der Waals surface area contributed by atoms with Crippen LogP contribution < -0.4 is 5.32 Å². The van der Waals surface area contributed by atoms with Crippen molar-refractivity contribution in [2.75, 3.05) is 6.54 Å². The number of hydrogen-bond acceptors (Lipinski definition) is 5. The highest BCUT2D eigenvalue weighted by molar-refractivity contribution is 5.81. The minimum atomic E-state index is -0.159. The molecule has 7 nitrogen and oxygen atoms in total. The van der Waals surface area contributed by atoms with E-state index in [4.69, 9.17) is 4.52 Å². The van der Waals surface area contributed by atoms with Gasteiger partial charge in [-0.3, -0.25) is 9.59 Å². The van der Waals surface area contributed by atoms with Crippen LogP contribution in [0.2, 0.25) is 0 Å². The molecule has 1 saturated heterocycles. The van der Waals surface area contributed by atoms with Crippen LogP contribution in [0.15, 0.2) is 4.52 Å². The maximum Gasteiger partial charge on any atom is 0.229 e. The van der Waals surface area contributed by atoms with Crippen molar-refractivity contribution in [3.8, 4) is 0 Å². The Morgan fingerprint density at radius 2 is 1.92 bits per heavy atom. The topological polar surface area (TPSA) is 88.3 Å². The molecule has 2 aliphatic rings. The molecule has 1 aromatic rings. The molecule has 0 aromatic carbocycles. The summed E-state index contributed by atoms with van der Waals surface area (Å²) in [7, 11) is 0. The second-order valence-corrected chi connectivity index (χ2v) is 7.99. The summed E-state index contributed by atoms with van der Waals surface area (Å²) in [5.41, 5.74) is 0. The summed E-state index contributed by atoms with van der Waals surface area (Å²) in [5.74, 6) is 1.65. The molecule has 2 unspecified atom stereocenters. The van der Waals surface area contributed by atoms with E-state index in [9.17, 15) is 9.59 Å². The van der Waals surface area contributed by atoms with Gasteiger partial charge in [0.15, 0.2) is 5.82 Å². The Morgan fingerprint density at radius 1 is 1.19 bits per heavy atom. The molecule has 2 heterocycles. The third kappa shape index (κ3) is 4.24. The lowest BCUT2D eigenvalue weighted by Gasteiger charge is -2.24. The van der Waals surface area contributed by atoms with Crippen LogP contribution >= 0.6 is 0 Å². The van der Waals surface area contributed by atoms with Crippen molar-refractivity contribution in [1.82, 2.24) is 20.4 Å². The number of rotatable bonds is 6.